The molecule has 1 aliphatic heterocycles. The first-order valence-corrected chi connectivity index (χ1v) is 13.2. The Kier molecular flexibility index (Phi) is 7.51. The van der Waals surface area contributed by atoms with Crippen LogP contribution in [0.2, 0.25) is 0 Å². The van der Waals surface area contributed by atoms with Gasteiger partial charge in [0.2, 0.25) is 0 Å². The molecule has 2 aromatic carbocycles. The lowest BCUT2D eigenvalue weighted by Crippen LogP contribution is -2.37. The third-order valence-electron chi connectivity index (χ3n) is 6.69. The summed E-state index contributed by atoms with van der Waals surface area (Å²) < 4.78 is 5.56. The number of benzene rings is 2. The summed E-state index contributed by atoms with van der Waals surface area (Å²) in [4.78, 5) is 13.8. The smallest absolute Gasteiger partial charge is 0.161 e. The Balaban J connectivity index is 1.52. The van der Waals surface area contributed by atoms with Crippen LogP contribution in [0, 0.1) is 11.3 Å². The molecule has 2 fully saturated rings. The molecule has 180 valence electrons. The van der Waals surface area contributed by atoms with Gasteiger partial charge in [-0.15, -0.1) is 11.8 Å². The lowest BCUT2D eigenvalue weighted by Gasteiger charge is -2.32. The predicted molar refractivity (Wildman–Crippen MR) is 142 cm³/mol. The van der Waals surface area contributed by atoms with Crippen molar-refractivity contribution in [2.75, 3.05) is 43.1 Å². The Labute approximate surface area is 211 Å². The standard InChI is InChI=1S/C28H31N5OS/c29-15-6-16-30-23-11-9-22(10-12-23)27-31-25(21-26(32-27)33-17-19-34-20-18-33)28(13-4-5-14-28)35-24-7-2-1-3-8-24/h1-3,7-12,21,30H,4-6,13-14,16-20H2. The number of morpholine rings is 1. The Morgan fingerprint density at radius 3 is 2.46 bits per heavy atom. The molecule has 0 atom stereocenters. The van der Waals surface area contributed by atoms with Gasteiger partial charge in [-0.05, 0) is 49.2 Å². The van der Waals surface area contributed by atoms with Gasteiger partial charge in [-0.3, -0.25) is 0 Å². The molecule has 2 heterocycles. The third kappa shape index (κ3) is 5.61. The van der Waals surface area contributed by atoms with Crippen LogP contribution in [0.4, 0.5) is 11.5 Å². The quantitative estimate of drug-likeness (QED) is 0.400. The number of rotatable bonds is 8. The molecule has 1 saturated heterocycles. The number of ether oxygens (including phenoxy) is 1. The minimum Gasteiger partial charge on any atom is -0.384 e. The van der Waals surface area contributed by atoms with Crippen molar-refractivity contribution in [2.45, 2.75) is 41.7 Å². The van der Waals surface area contributed by atoms with E-state index in [0.29, 0.717) is 13.0 Å². The van der Waals surface area contributed by atoms with Gasteiger partial charge in [-0.25, -0.2) is 9.97 Å². The molecule has 1 aliphatic carbocycles. The van der Waals surface area contributed by atoms with Gasteiger partial charge in [0.25, 0.3) is 0 Å². The highest BCUT2D eigenvalue weighted by molar-refractivity contribution is 8.00. The fraction of sp³-hybridized carbons (Fsp3) is 0.393. The summed E-state index contributed by atoms with van der Waals surface area (Å²) in [5, 5.41) is 12.1. The lowest BCUT2D eigenvalue weighted by atomic mass is 10.0. The summed E-state index contributed by atoms with van der Waals surface area (Å²) >= 11 is 1.95. The summed E-state index contributed by atoms with van der Waals surface area (Å²) in [7, 11) is 0. The second-order valence-corrected chi connectivity index (χ2v) is 10.5. The number of nitriles is 1. The SMILES string of the molecule is N#CCCNc1ccc(-c2nc(N3CCOCC3)cc(C3(Sc4ccccc4)CCCC3)n2)cc1. The van der Waals surface area contributed by atoms with Gasteiger partial charge in [0.05, 0.1) is 36.1 Å². The number of hydrogen-bond donors (Lipinski definition) is 1. The molecule has 0 amide bonds. The third-order valence-corrected chi connectivity index (χ3v) is 8.21. The van der Waals surface area contributed by atoms with Crippen LogP contribution in [0.15, 0.2) is 65.6 Å². The molecule has 1 saturated carbocycles. The van der Waals surface area contributed by atoms with Gasteiger partial charge in [0.15, 0.2) is 5.82 Å². The van der Waals surface area contributed by atoms with Crippen LogP contribution in [0.3, 0.4) is 0 Å². The fourth-order valence-electron chi connectivity index (χ4n) is 4.82. The van der Waals surface area contributed by atoms with Crippen molar-refractivity contribution in [2.24, 2.45) is 0 Å². The summed E-state index contributed by atoms with van der Waals surface area (Å²) in [5.74, 6) is 1.76. The molecule has 6 nitrogen and oxygen atoms in total. The largest absolute Gasteiger partial charge is 0.384 e. The van der Waals surface area contributed by atoms with Crippen molar-refractivity contribution in [1.82, 2.24) is 9.97 Å². The van der Waals surface area contributed by atoms with E-state index in [9.17, 15) is 0 Å². The molecule has 5 rings (SSSR count). The van der Waals surface area contributed by atoms with Crippen LogP contribution in [0.25, 0.3) is 11.4 Å². The van der Waals surface area contributed by atoms with E-state index >= 15 is 0 Å². The Morgan fingerprint density at radius 1 is 1.00 bits per heavy atom. The van der Waals surface area contributed by atoms with Crippen LogP contribution in [0.5, 0.6) is 0 Å². The lowest BCUT2D eigenvalue weighted by molar-refractivity contribution is 0.122. The minimum atomic E-state index is -0.0428. The number of anilines is 2. The number of aromatic nitrogens is 2. The number of hydrogen-bond acceptors (Lipinski definition) is 7. The van der Waals surface area contributed by atoms with Gasteiger partial charge in [-0.1, -0.05) is 31.0 Å². The van der Waals surface area contributed by atoms with Crippen molar-refractivity contribution in [3.63, 3.8) is 0 Å². The van der Waals surface area contributed by atoms with Crippen molar-refractivity contribution in [1.29, 1.82) is 5.26 Å². The zero-order valence-electron chi connectivity index (χ0n) is 19.9. The molecule has 3 aromatic rings. The van der Waals surface area contributed by atoms with Crippen LogP contribution < -0.4 is 10.2 Å². The van der Waals surface area contributed by atoms with E-state index in [4.69, 9.17) is 20.0 Å². The maximum absolute atomic E-state index is 8.78. The molecular formula is C28H31N5OS. The maximum atomic E-state index is 8.78. The molecule has 1 N–H and O–H groups in total. The molecule has 35 heavy (non-hydrogen) atoms. The van der Waals surface area contributed by atoms with Crippen molar-refractivity contribution in [3.8, 4) is 17.5 Å². The highest BCUT2D eigenvalue weighted by Crippen LogP contribution is 2.52. The van der Waals surface area contributed by atoms with E-state index in [-0.39, 0.29) is 4.75 Å². The molecule has 2 aliphatic rings. The van der Waals surface area contributed by atoms with Crippen LogP contribution in [0.1, 0.15) is 37.8 Å². The molecule has 0 spiro atoms. The average molecular weight is 486 g/mol. The molecule has 0 bridgehead atoms. The fourth-order valence-corrected chi connectivity index (χ4v) is 6.27. The second kappa shape index (κ2) is 11.1. The van der Waals surface area contributed by atoms with Crippen LogP contribution >= 0.6 is 11.8 Å². The van der Waals surface area contributed by atoms with Gasteiger partial charge in [0, 0.05) is 41.8 Å². The number of thioether (sulfide) groups is 1. The van der Waals surface area contributed by atoms with Crippen molar-refractivity contribution in [3.05, 3.63) is 66.4 Å². The monoisotopic (exact) mass is 485 g/mol. The maximum Gasteiger partial charge on any atom is 0.161 e. The summed E-state index contributed by atoms with van der Waals surface area (Å²) in [6.07, 6.45) is 5.15. The van der Waals surface area contributed by atoms with E-state index < -0.39 is 0 Å². The highest BCUT2D eigenvalue weighted by Gasteiger charge is 2.39. The van der Waals surface area contributed by atoms with E-state index in [0.717, 1.165) is 67.7 Å². The van der Waals surface area contributed by atoms with Gasteiger partial charge >= 0.3 is 0 Å². The van der Waals surface area contributed by atoms with Gasteiger partial charge < -0.3 is 15.0 Å². The Morgan fingerprint density at radius 2 is 1.74 bits per heavy atom. The number of nitrogens with zero attached hydrogens (tertiary/aromatic N) is 4. The molecule has 1 aromatic heterocycles. The average Bonchev–Trinajstić information content (AvgIpc) is 3.40. The van der Waals surface area contributed by atoms with E-state index in [2.05, 4.69) is 64.8 Å². The van der Waals surface area contributed by atoms with Crippen LogP contribution in [-0.2, 0) is 9.48 Å². The first-order chi connectivity index (χ1) is 17.3. The van der Waals surface area contributed by atoms with Crippen molar-refractivity contribution < 1.29 is 4.74 Å². The van der Waals surface area contributed by atoms with E-state index in [1.165, 1.54) is 17.7 Å². The van der Waals surface area contributed by atoms with Gasteiger partial charge in [-0.2, -0.15) is 5.26 Å². The summed E-state index contributed by atoms with van der Waals surface area (Å²) in [5.41, 5.74) is 3.14. The molecule has 7 heteroatoms. The topological polar surface area (TPSA) is 74.1 Å². The molecular weight excluding hydrogens is 454 g/mol. The number of nitrogens with one attached hydrogen (secondary N) is 1. The first-order valence-electron chi connectivity index (χ1n) is 12.4. The zero-order chi connectivity index (χ0) is 23.9. The summed E-state index contributed by atoms with van der Waals surface area (Å²) in [6.45, 7) is 3.78. The molecule has 0 unspecified atom stereocenters. The van der Waals surface area contributed by atoms with E-state index in [1.807, 2.05) is 23.9 Å². The molecule has 0 radical (unpaired) electrons. The predicted octanol–water partition coefficient (Wildman–Crippen LogP) is 5.87. The highest BCUT2D eigenvalue weighted by atomic mass is 32.2. The van der Waals surface area contributed by atoms with E-state index in [1.54, 1.807) is 0 Å². The van der Waals surface area contributed by atoms with Crippen molar-refractivity contribution >= 4 is 23.3 Å². The van der Waals surface area contributed by atoms with Crippen LogP contribution in [-0.4, -0.2) is 42.8 Å². The minimum absolute atomic E-state index is 0.0428. The first kappa shape index (κ1) is 23.7. The normalized spacial score (nSPS) is 17.2. The zero-order valence-corrected chi connectivity index (χ0v) is 20.8. The Hall–Kier alpha value is -3.08. The Bertz CT molecular complexity index is 1150. The second-order valence-electron chi connectivity index (χ2n) is 9.06. The van der Waals surface area contributed by atoms with Gasteiger partial charge in [0.1, 0.15) is 5.82 Å². The summed E-state index contributed by atoms with van der Waals surface area (Å²) in [6, 6.07) is 23.3.